The highest BCUT2D eigenvalue weighted by Gasteiger charge is 2.39. The van der Waals surface area contributed by atoms with Crippen LogP contribution >= 0.6 is 0 Å². The molecule has 0 radical (unpaired) electrons. The molecular formula is C12H13F2N. The molecule has 0 spiro atoms. The van der Waals surface area contributed by atoms with Gasteiger partial charge in [-0.2, -0.15) is 0 Å². The van der Waals surface area contributed by atoms with E-state index in [2.05, 4.69) is 12.8 Å². The fourth-order valence-corrected chi connectivity index (χ4v) is 1.88. The summed E-state index contributed by atoms with van der Waals surface area (Å²) < 4.78 is 26.4. The molecule has 0 saturated carbocycles. The highest BCUT2D eigenvalue weighted by atomic mass is 19.3. The Morgan fingerprint density at radius 3 is 2.60 bits per heavy atom. The van der Waals surface area contributed by atoms with Crippen molar-refractivity contribution in [3.8, 4) is 12.8 Å². The molecule has 1 aliphatic carbocycles. The molecule has 0 unspecified atom stereocenters. The Labute approximate surface area is 88.3 Å². The number of nitrogens with two attached hydrogens (primary N) is 1. The summed E-state index contributed by atoms with van der Waals surface area (Å²) in [6.07, 6.45) is 8.38. The van der Waals surface area contributed by atoms with Crippen molar-refractivity contribution in [1.82, 2.24) is 0 Å². The summed E-state index contributed by atoms with van der Waals surface area (Å²) in [7, 11) is 0. The van der Waals surface area contributed by atoms with Crippen molar-refractivity contribution >= 4 is 0 Å². The number of terminal acetylenes is 1. The first-order valence-corrected chi connectivity index (χ1v) is 4.67. The summed E-state index contributed by atoms with van der Waals surface area (Å²) in [5.74, 6) is -2.64. The molecule has 1 aromatic rings. The summed E-state index contributed by atoms with van der Waals surface area (Å²) in [5.41, 5.74) is 7.26. The first-order chi connectivity index (χ1) is 7.15. The van der Waals surface area contributed by atoms with Crippen LogP contribution in [0.15, 0.2) is 18.2 Å². The lowest BCUT2D eigenvalue weighted by Gasteiger charge is -2.10. The molecule has 0 atom stereocenters. The molecule has 0 saturated heterocycles. The predicted octanol–water partition coefficient (Wildman–Crippen LogP) is 2.43. The first-order valence-electron chi connectivity index (χ1n) is 4.67. The van der Waals surface area contributed by atoms with Gasteiger partial charge in [0.15, 0.2) is 0 Å². The number of alkyl halides is 2. The second kappa shape index (κ2) is 4.41. The van der Waals surface area contributed by atoms with E-state index in [4.69, 9.17) is 5.73 Å². The molecule has 80 valence electrons. The maximum atomic E-state index is 13.2. The molecule has 0 aromatic heterocycles. The lowest BCUT2D eigenvalue weighted by molar-refractivity contribution is -0.00184. The average molecular weight is 209 g/mol. The average Bonchev–Trinajstić information content (AvgIpc) is 2.58. The van der Waals surface area contributed by atoms with Gasteiger partial charge in [0.1, 0.15) is 0 Å². The van der Waals surface area contributed by atoms with Crippen LogP contribution in [0.25, 0.3) is 0 Å². The predicted molar refractivity (Wildman–Crippen MR) is 56.4 cm³/mol. The zero-order valence-corrected chi connectivity index (χ0v) is 8.34. The Morgan fingerprint density at radius 1 is 1.33 bits per heavy atom. The van der Waals surface area contributed by atoms with Crippen LogP contribution in [-0.4, -0.2) is 0 Å². The van der Waals surface area contributed by atoms with Gasteiger partial charge in [-0.05, 0) is 17.5 Å². The minimum absolute atomic E-state index is 0.0701. The van der Waals surface area contributed by atoms with Crippen LogP contribution in [0.4, 0.5) is 8.78 Å². The van der Waals surface area contributed by atoms with Crippen molar-refractivity contribution in [2.45, 2.75) is 25.3 Å². The Morgan fingerprint density at radius 2 is 2.00 bits per heavy atom. The Kier molecular flexibility index (Phi) is 3.43. The highest BCUT2D eigenvalue weighted by molar-refractivity contribution is 5.41. The molecule has 3 heteroatoms. The fourth-order valence-electron chi connectivity index (χ4n) is 1.88. The van der Waals surface area contributed by atoms with Gasteiger partial charge in [-0.1, -0.05) is 18.2 Å². The van der Waals surface area contributed by atoms with Crippen LogP contribution in [0.3, 0.4) is 0 Å². The van der Waals surface area contributed by atoms with E-state index in [0.717, 1.165) is 11.1 Å². The topological polar surface area (TPSA) is 26.0 Å². The molecule has 0 aliphatic heterocycles. The minimum atomic E-state index is -2.64. The third-order valence-electron chi connectivity index (χ3n) is 2.58. The molecular weight excluding hydrogens is 196 g/mol. The number of hydrogen-bond donors (Lipinski definition) is 1. The van der Waals surface area contributed by atoms with E-state index in [9.17, 15) is 8.78 Å². The SMILES string of the molecule is C#C.NCc1cccc2c1CCC2(F)F. The second-order valence-electron chi connectivity index (χ2n) is 3.35. The van der Waals surface area contributed by atoms with Gasteiger partial charge in [-0.15, -0.1) is 12.8 Å². The smallest absolute Gasteiger partial charge is 0.273 e. The molecule has 1 nitrogen and oxygen atoms in total. The summed E-state index contributed by atoms with van der Waals surface area (Å²) in [6, 6.07) is 4.97. The van der Waals surface area contributed by atoms with Gasteiger partial charge in [0, 0.05) is 18.5 Å². The minimum Gasteiger partial charge on any atom is -0.326 e. The van der Waals surface area contributed by atoms with E-state index >= 15 is 0 Å². The molecule has 0 amide bonds. The molecule has 0 heterocycles. The molecule has 15 heavy (non-hydrogen) atoms. The third kappa shape index (κ3) is 2.00. The number of rotatable bonds is 1. The maximum Gasteiger partial charge on any atom is 0.273 e. The largest absolute Gasteiger partial charge is 0.326 e. The number of fused-ring (bicyclic) bond motifs is 1. The molecule has 0 bridgehead atoms. The van der Waals surface area contributed by atoms with Crippen molar-refractivity contribution in [2.75, 3.05) is 0 Å². The van der Waals surface area contributed by atoms with Crippen LogP contribution in [0.1, 0.15) is 23.1 Å². The van der Waals surface area contributed by atoms with Gasteiger partial charge >= 0.3 is 0 Å². The monoisotopic (exact) mass is 209 g/mol. The van der Waals surface area contributed by atoms with E-state index in [1.165, 1.54) is 6.07 Å². The van der Waals surface area contributed by atoms with E-state index < -0.39 is 5.92 Å². The van der Waals surface area contributed by atoms with Gasteiger partial charge in [-0.25, -0.2) is 8.78 Å². The van der Waals surface area contributed by atoms with E-state index in [0.29, 0.717) is 13.0 Å². The molecule has 1 aliphatic rings. The van der Waals surface area contributed by atoms with Gasteiger partial charge in [-0.3, -0.25) is 0 Å². The van der Waals surface area contributed by atoms with Crippen LogP contribution < -0.4 is 5.73 Å². The molecule has 2 rings (SSSR count). The quantitative estimate of drug-likeness (QED) is 0.706. The Balaban J connectivity index is 0.000000531. The Bertz CT molecular complexity index is 369. The normalized spacial score (nSPS) is 16.3. The number of hydrogen-bond acceptors (Lipinski definition) is 1. The highest BCUT2D eigenvalue weighted by Crippen LogP contribution is 2.42. The van der Waals surface area contributed by atoms with Crippen LogP contribution in [0.5, 0.6) is 0 Å². The van der Waals surface area contributed by atoms with Crippen molar-refractivity contribution in [1.29, 1.82) is 0 Å². The fraction of sp³-hybridized carbons (Fsp3) is 0.333. The van der Waals surface area contributed by atoms with Crippen molar-refractivity contribution in [2.24, 2.45) is 5.73 Å². The molecule has 0 fully saturated rings. The summed E-state index contributed by atoms with van der Waals surface area (Å²) in [4.78, 5) is 0. The van der Waals surface area contributed by atoms with Crippen LogP contribution in [0, 0.1) is 12.8 Å². The first kappa shape index (κ1) is 11.7. The van der Waals surface area contributed by atoms with Crippen LogP contribution in [0.2, 0.25) is 0 Å². The summed E-state index contributed by atoms with van der Waals surface area (Å²) in [5, 5.41) is 0. The summed E-state index contributed by atoms with van der Waals surface area (Å²) >= 11 is 0. The zero-order chi connectivity index (χ0) is 11.5. The lowest BCUT2D eigenvalue weighted by atomic mass is 10.0. The second-order valence-corrected chi connectivity index (χ2v) is 3.35. The van der Waals surface area contributed by atoms with Crippen molar-refractivity contribution in [3.63, 3.8) is 0 Å². The molecule has 1 aromatic carbocycles. The van der Waals surface area contributed by atoms with Crippen LogP contribution in [-0.2, 0) is 18.9 Å². The standard InChI is InChI=1S/C10H11F2N.C2H2/c11-10(12)5-4-8-7(6-13)2-1-3-9(8)10;1-2/h1-3H,4-6,13H2;1-2H. The van der Waals surface area contributed by atoms with Crippen molar-refractivity contribution in [3.05, 3.63) is 34.9 Å². The van der Waals surface area contributed by atoms with Crippen molar-refractivity contribution < 1.29 is 8.78 Å². The zero-order valence-electron chi connectivity index (χ0n) is 8.34. The number of benzene rings is 1. The summed E-state index contributed by atoms with van der Waals surface area (Å²) in [6.45, 7) is 0.346. The third-order valence-corrected chi connectivity index (χ3v) is 2.58. The van der Waals surface area contributed by atoms with Gasteiger partial charge in [0.25, 0.3) is 5.92 Å². The van der Waals surface area contributed by atoms with E-state index in [-0.39, 0.29) is 12.0 Å². The van der Waals surface area contributed by atoms with E-state index in [1.807, 2.05) is 6.07 Å². The Hall–Kier alpha value is -1.40. The number of halogens is 2. The van der Waals surface area contributed by atoms with Gasteiger partial charge in [0.2, 0.25) is 0 Å². The van der Waals surface area contributed by atoms with E-state index in [1.54, 1.807) is 6.07 Å². The lowest BCUT2D eigenvalue weighted by Crippen LogP contribution is -2.08. The maximum absolute atomic E-state index is 13.2. The van der Waals surface area contributed by atoms with Gasteiger partial charge in [0.05, 0.1) is 0 Å². The van der Waals surface area contributed by atoms with Gasteiger partial charge < -0.3 is 5.73 Å². The molecule has 2 N–H and O–H groups in total.